The van der Waals surface area contributed by atoms with E-state index in [9.17, 15) is 14.0 Å². The Morgan fingerprint density at radius 3 is 2.67 bits per heavy atom. The zero-order chi connectivity index (χ0) is 19.1. The van der Waals surface area contributed by atoms with Crippen molar-refractivity contribution >= 4 is 11.7 Å². The third-order valence-electron chi connectivity index (χ3n) is 5.36. The monoisotopic (exact) mass is 372 g/mol. The predicted molar refractivity (Wildman–Crippen MR) is 94.4 cm³/mol. The Kier molecular flexibility index (Phi) is 4.45. The second kappa shape index (κ2) is 6.79. The minimum atomic E-state index is -0.436. The van der Waals surface area contributed by atoms with E-state index in [4.69, 9.17) is 9.15 Å². The lowest BCUT2D eigenvalue weighted by Crippen LogP contribution is -2.44. The van der Waals surface area contributed by atoms with Gasteiger partial charge in [-0.3, -0.25) is 9.59 Å². The number of halogens is 1. The van der Waals surface area contributed by atoms with Crippen molar-refractivity contribution in [2.45, 2.75) is 39.2 Å². The third kappa shape index (κ3) is 3.34. The number of ketones is 1. The fourth-order valence-electron chi connectivity index (χ4n) is 3.93. The molecule has 0 spiro atoms. The molecule has 0 aliphatic carbocycles. The van der Waals surface area contributed by atoms with Crippen LogP contribution in [0.3, 0.4) is 0 Å². The van der Waals surface area contributed by atoms with Crippen molar-refractivity contribution in [3.8, 4) is 5.75 Å². The molecule has 4 rings (SSSR count). The molecule has 1 fully saturated rings. The summed E-state index contributed by atoms with van der Waals surface area (Å²) in [6.45, 7) is 4.63. The van der Waals surface area contributed by atoms with Gasteiger partial charge in [0.1, 0.15) is 17.7 Å². The van der Waals surface area contributed by atoms with E-state index >= 15 is 0 Å². The lowest BCUT2D eigenvalue weighted by molar-refractivity contribution is 0.0435. The SMILES string of the molecule is Cc1nc(C)c(C(=O)N2CCC([C@@H]3CC(=O)c4cc(F)ccc4O3)CC2)o1. The second-order valence-corrected chi connectivity index (χ2v) is 7.20. The maximum Gasteiger partial charge on any atom is 0.291 e. The Hall–Kier alpha value is -2.70. The molecule has 3 heterocycles. The zero-order valence-electron chi connectivity index (χ0n) is 15.3. The van der Waals surface area contributed by atoms with Crippen LogP contribution in [0.4, 0.5) is 4.39 Å². The summed E-state index contributed by atoms with van der Waals surface area (Å²) in [6.07, 6.45) is 1.50. The number of Topliss-reactive ketones (excluding diaryl/α,β-unsaturated/α-hetero) is 1. The lowest BCUT2D eigenvalue weighted by Gasteiger charge is -2.37. The Bertz CT molecular complexity index is 899. The number of aryl methyl sites for hydroxylation is 2. The molecule has 1 saturated heterocycles. The third-order valence-corrected chi connectivity index (χ3v) is 5.36. The van der Waals surface area contributed by atoms with Crippen molar-refractivity contribution < 1.29 is 23.1 Å². The molecule has 2 aliphatic rings. The quantitative estimate of drug-likeness (QED) is 0.809. The molecule has 142 valence electrons. The molecule has 0 N–H and O–H groups in total. The van der Waals surface area contributed by atoms with Crippen LogP contribution in [0.5, 0.6) is 5.75 Å². The van der Waals surface area contributed by atoms with E-state index in [1.54, 1.807) is 18.7 Å². The lowest BCUT2D eigenvalue weighted by atomic mass is 9.86. The predicted octanol–water partition coefficient (Wildman–Crippen LogP) is 3.32. The zero-order valence-corrected chi connectivity index (χ0v) is 15.3. The number of hydrogen-bond donors (Lipinski definition) is 0. The molecule has 1 atom stereocenters. The number of hydrogen-bond acceptors (Lipinski definition) is 5. The fourth-order valence-corrected chi connectivity index (χ4v) is 3.93. The van der Waals surface area contributed by atoms with Crippen LogP contribution in [0.25, 0.3) is 0 Å². The Balaban J connectivity index is 1.41. The van der Waals surface area contributed by atoms with E-state index in [1.165, 1.54) is 18.2 Å². The summed E-state index contributed by atoms with van der Waals surface area (Å²) in [7, 11) is 0. The summed E-state index contributed by atoms with van der Waals surface area (Å²) >= 11 is 0. The first kappa shape index (κ1) is 17.7. The van der Waals surface area contributed by atoms with Crippen LogP contribution in [-0.2, 0) is 0 Å². The number of carbonyl (C=O) groups excluding carboxylic acids is 2. The van der Waals surface area contributed by atoms with E-state index in [0.29, 0.717) is 41.7 Å². The van der Waals surface area contributed by atoms with Gasteiger partial charge in [-0.05, 0) is 43.9 Å². The topological polar surface area (TPSA) is 72.6 Å². The van der Waals surface area contributed by atoms with E-state index < -0.39 is 5.82 Å². The number of piperidine rings is 1. The molecule has 2 aliphatic heterocycles. The summed E-state index contributed by atoms with van der Waals surface area (Å²) in [5.74, 6) is 0.729. The molecule has 2 aromatic rings. The highest BCUT2D eigenvalue weighted by Crippen LogP contribution is 2.34. The normalized spacial score (nSPS) is 20.3. The highest BCUT2D eigenvalue weighted by molar-refractivity contribution is 6.00. The highest BCUT2D eigenvalue weighted by atomic mass is 19.1. The molecule has 1 aromatic heterocycles. The standard InChI is InChI=1S/C20H21FN2O4/c1-11-19(26-12(2)22-11)20(25)23-7-5-13(6-8-23)18-10-16(24)15-9-14(21)3-4-17(15)27-18/h3-4,9,13,18H,5-8,10H2,1-2H3/t18-/m0/s1. The van der Waals surface area contributed by atoms with Gasteiger partial charge in [0.25, 0.3) is 5.91 Å². The Labute approximate surface area is 156 Å². The van der Waals surface area contributed by atoms with Crippen LogP contribution in [0.1, 0.15) is 51.8 Å². The number of amides is 1. The number of rotatable bonds is 2. The molecule has 0 bridgehead atoms. The molecule has 0 saturated carbocycles. The first-order valence-electron chi connectivity index (χ1n) is 9.15. The van der Waals surface area contributed by atoms with Gasteiger partial charge in [0.05, 0.1) is 11.3 Å². The molecule has 1 amide bonds. The smallest absolute Gasteiger partial charge is 0.291 e. The largest absolute Gasteiger partial charge is 0.489 e. The van der Waals surface area contributed by atoms with Crippen molar-refractivity contribution in [3.05, 3.63) is 46.9 Å². The minimum absolute atomic E-state index is 0.0907. The summed E-state index contributed by atoms with van der Waals surface area (Å²) in [6, 6.07) is 4.05. The van der Waals surface area contributed by atoms with Crippen molar-refractivity contribution in [1.82, 2.24) is 9.88 Å². The van der Waals surface area contributed by atoms with Crippen molar-refractivity contribution in [1.29, 1.82) is 0 Å². The number of carbonyl (C=O) groups is 2. The molecular weight excluding hydrogens is 351 g/mol. The number of benzene rings is 1. The summed E-state index contributed by atoms with van der Waals surface area (Å²) < 4.78 is 24.8. The second-order valence-electron chi connectivity index (χ2n) is 7.20. The average molecular weight is 372 g/mol. The van der Waals surface area contributed by atoms with Crippen LogP contribution in [0.2, 0.25) is 0 Å². The van der Waals surface area contributed by atoms with Gasteiger partial charge in [-0.2, -0.15) is 0 Å². The summed E-state index contributed by atoms with van der Waals surface area (Å²) in [5.41, 5.74) is 0.916. The number of likely N-dealkylation sites (tertiary alicyclic amines) is 1. The first-order valence-corrected chi connectivity index (χ1v) is 9.15. The number of oxazole rings is 1. The molecular formula is C20H21FN2O4. The number of fused-ring (bicyclic) bond motifs is 1. The van der Waals surface area contributed by atoms with Crippen LogP contribution in [-0.4, -0.2) is 40.8 Å². The summed E-state index contributed by atoms with van der Waals surface area (Å²) in [5, 5.41) is 0. The first-order chi connectivity index (χ1) is 12.9. The Morgan fingerprint density at radius 1 is 1.26 bits per heavy atom. The van der Waals surface area contributed by atoms with Gasteiger partial charge >= 0.3 is 0 Å². The number of nitrogens with zero attached hydrogens (tertiary/aromatic N) is 2. The molecule has 27 heavy (non-hydrogen) atoms. The highest BCUT2D eigenvalue weighted by Gasteiger charge is 2.36. The fraction of sp³-hybridized carbons (Fsp3) is 0.450. The van der Waals surface area contributed by atoms with Crippen molar-refractivity contribution in [3.63, 3.8) is 0 Å². The number of ether oxygens (including phenoxy) is 1. The average Bonchev–Trinajstić information content (AvgIpc) is 3.00. The van der Waals surface area contributed by atoms with Gasteiger partial charge in [0, 0.05) is 26.4 Å². The molecule has 6 nitrogen and oxygen atoms in total. The van der Waals surface area contributed by atoms with Gasteiger partial charge < -0.3 is 14.1 Å². The van der Waals surface area contributed by atoms with E-state index in [0.717, 1.165) is 12.8 Å². The van der Waals surface area contributed by atoms with E-state index in [2.05, 4.69) is 4.98 Å². The van der Waals surface area contributed by atoms with Crippen LogP contribution in [0.15, 0.2) is 22.6 Å². The van der Waals surface area contributed by atoms with Gasteiger partial charge in [-0.15, -0.1) is 0 Å². The Morgan fingerprint density at radius 2 is 2.00 bits per heavy atom. The maximum absolute atomic E-state index is 13.4. The van der Waals surface area contributed by atoms with Crippen LogP contribution >= 0.6 is 0 Å². The van der Waals surface area contributed by atoms with Crippen molar-refractivity contribution in [2.75, 3.05) is 13.1 Å². The van der Waals surface area contributed by atoms with Gasteiger partial charge in [-0.1, -0.05) is 0 Å². The van der Waals surface area contributed by atoms with E-state index in [-0.39, 0.29) is 30.1 Å². The van der Waals surface area contributed by atoms with Crippen LogP contribution < -0.4 is 4.74 Å². The molecule has 7 heteroatoms. The van der Waals surface area contributed by atoms with E-state index in [1.807, 2.05) is 0 Å². The maximum atomic E-state index is 13.4. The van der Waals surface area contributed by atoms with Gasteiger partial charge in [-0.25, -0.2) is 9.37 Å². The van der Waals surface area contributed by atoms with Gasteiger partial charge in [0.2, 0.25) is 5.76 Å². The summed E-state index contributed by atoms with van der Waals surface area (Å²) in [4.78, 5) is 30.9. The molecule has 0 unspecified atom stereocenters. The van der Waals surface area contributed by atoms with Gasteiger partial charge in [0.15, 0.2) is 11.7 Å². The molecule has 0 radical (unpaired) electrons. The number of aromatic nitrogens is 1. The van der Waals surface area contributed by atoms with Crippen molar-refractivity contribution in [2.24, 2.45) is 5.92 Å². The minimum Gasteiger partial charge on any atom is -0.489 e. The van der Waals surface area contributed by atoms with Crippen LogP contribution in [0, 0.1) is 25.6 Å². The molecule has 1 aromatic carbocycles.